The first-order chi connectivity index (χ1) is 7.61. The second-order valence-electron chi connectivity index (χ2n) is 4.76. The molecule has 1 heterocycles. The fourth-order valence-electron chi connectivity index (χ4n) is 1.85. The maximum Gasteiger partial charge on any atom is 0.127 e. The van der Waals surface area contributed by atoms with E-state index in [0.717, 1.165) is 18.7 Å². The van der Waals surface area contributed by atoms with Crippen LogP contribution in [0.1, 0.15) is 25.0 Å². The van der Waals surface area contributed by atoms with Gasteiger partial charge in [0.1, 0.15) is 11.4 Å². The zero-order valence-corrected chi connectivity index (χ0v) is 11.4. The molecule has 1 aromatic carbocycles. The standard InChI is InChI=1S/C14H19NO.ClH/c1-14(2)8-6-12-10-11(7-9-15-3)4-5-13(12)16-14;/h4-6,8,10,15H,7,9H2,1-3H3;1H. The van der Waals surface area contributed by atoms with Crippen LogP contribution >= 0.6 is 12.4 Å². The maximum absolute atomic E-state index is 5.88. The predicted octanol–water partition coefficient (Wildman–Crippen LogP) is 3.05. The molecule has 2 rings (SSSR count). The molecule has 0 saturated heterocycles. The Hall–Kier alpha value is -0.990. The molecular formula is C14H20ClNO. The molecule has 2 nitrogen and oxygen atoms in total. The Morgan fingerprint density at radius 1 is 1.29 bits per heavy atom. The van der Waals surface area contributed by atoms with Crippen LogP contribution in [0.5, 0.6) is 5.75 Å². The van der Waals surface area contributed by atoms with Crippen LogP contribution in [0.2, 0.25) is 0 Å². The molecule has 94 valence electrons. The number of hydrogen-bond acceptors (Lipinski definition) is 2. The van der Waals surface area contributed by atoms with E-state index in [1.807, 2.05) is 7.05 Å². The molecule has 0 fully saturated rings. The molecule has 0 bridgehead atoms. The van der Waals surface area contributed by atoms with Crippen molar-refractivity contribution in [3.05, 3.63) is 35.4 Å². The van der Waals surface area contributed by atoms with Gasteiger partial charge in [-0.2, -0.15) is 0 Å². The number of benzene rings is 1. The Morgan fingerprint density at radius 2 is 2.06 bits per heavy atom. The average Bonchev–Trinajstić information content (AvgIpc) is 2.25. The highest BCUT2D eigenvalue weighted by Gasteiger charge is 2.21. The molecule has 0 aromatic heterocycles. The fourth-order valence-corrected chi connectivity index (χ4v) is 1.85. The molecule has 3 heteroatoms. The Kier molecular flexibility index (Phi) is 4.61. The minimum Gasteiger partial charge on any atom is -0.483 e. The fraction of sp³-hybridized carbons (Fsp3) is 0.429. The zero-order valence-electron chi connectivity index (χ0n) is 10.6. The van der Waals surface area contributed by atoms with Crippen molar-refractivity contribution in [1.82, 2.24) is 5.32 Å². The summed E-state index contributed by atoms with van der Waals surface area (Å²) in [6, 6.07) is 6.43. The van der Waals surface area contributed by atoms with Crippen molar-refractivity contribution in [2.24, 2.45) is 0 Å². The van der Waals surface area contributed by atoms with Gasteiger partial charge in [-0.3, -0.25) is 0 Å². The smallest absolute Gasteiger partial charge is 0.127 e. The van der Waals surface area contributed by atoms with E-state index in [0.29, 0.717) is 0 Å². The highest BCUT2D eigenvalue weighted by atomic mass is 35.5. The molecule has 0 spiro atoms. The number of hydrogen-bond donors (Lipinski definition) is 1. The van der Waals surface area contributed by atoms with E-state index in [-0.39, 0.29) is 18.0 Å². The zero-order chi connectivity index (χ0) is 11.6. The van der Waals surface area contributed by atoms with Crippen molar-refractivity contribution < 1.29 is 4.74 Å². The molecule has 0 unspecified atom stereocenters. The van der Waals surface area contributed by atoms with Gasteiger partial charge in [0.15, 0.2) is 0 Å². The van der Waals surface area contributed by atoms with E-state index in [1.54, 1.807) is 0 Å². The summed E-state index contributed by atoms with van der Waals surface area (Å²) >= 11 is 0. The predicted molar refractivity (Wildman–Crippen MR) is 75.1 cm³/mol. The topological polar surface area (TPSA) is 21.3 Å². The van der Waals surface area contributed by atoms with Gasteiger partial charge < -0.3 is 10.1 Å². The summed E-state index contributed by atoms with van der Waals surface area (Å²) < 4.78 is 5.88. The molecule has 1 aromatic rings. The number of likely N-dealkylation sites (N-methyl/N-ethyl adjacent to an activating group) is 1. The number of rotatable bonds is 3. The molecule has 0 aliphatic carbocycles. The SMILES string of the molecule is CNCCc1ccc2c(c1)C=CC(C)(C)O2.Cl. The van der Waals surface area contributed by atoms with Crippen molar-refractivity contribution >= 4 is 18.5 Å². The number of nitrogens with one attached hydrogen (secondary N) is 1. The summed E-state index contributed by atoms with van der Waals surface area (Å²) in [6.07, 6.45) is 5.32. The Bertz CT molecular complexity index is 413. The molecular weight excluding hydrogens is 234 g/mol. The van der Waals surface area contributed by atoms with Gasteiger partial charge in [-0.25, -0.2) is 0 Å². The molecule has 0 atom stereocenters. The molecule has 0 radical (unpaired) electrons. The second-order valence-corrected chi connectivity index (χ2v) is 4.76. The van der Waals surface area contributed by atoms with E-state index < -0.39 is 0 Å². The first kappa shape index (κ1) is 14.1. The molecule has 17 heavy (non-hydrogen) atoms. The normalized spacial score (nSPS) is 15.7. The third-order valence-electron chi connectivity index (χ3n) is 2.78. The van der Waals surface area contributed by atoms with Crippen molar-refractivity contribution in [2.75, 3.05) is 13.6 Å². The first-order valence-corrected chi connectivity index (χ1v) is 5.76. The number of ether oxygens (including phenoxy) is 1. The lowest BCUT2D eigenvalue weighted by Gasteiger charge is -2.28. The van der Waals surface area contributed by atoms with Gasteiger partial charge in [-0.15, -0.1) is 12.4 Å². The van der Waals surface area contributed by atoms with Crippen LogP contribution < -0.4 is 10.1 Å². The lowest BCUT2D eigenvalue weighted by Crippen LogP contribution is -2.27. The summed E-state index contributed by atoms with van der Waals surface area (Å²) in [7, 11) is 1.98. The summed E-state index contributed by atoms with van der Waals surface area (Å²) in [6.45, 7) is 5.15. The van der Waals surface area contributed by atoms with Crippen LogP contribution in [-0.4, -0.2) is 19.2 Å². The summed E-state index contributed by atoms with van der Waals surface area (Å²) in [5.41, 5.74) is 2.36. The average molecular weight is 254 g/mol. The van der Waals surface area contributed by atoms with Gasteiger partial charge in [0.2, 0.25) is 0 Å². The lowest BCUT2D eigenvalue weighted by molar-refractivity contribution is 0.159. The van der Waals surface area contributed by atoms with Crippen molar-refractivity contribution in [2.45, 2.75) is 25.9 Å². The van der Waals surface area contributed by atoms with E-state index in [2.05, 4.69) is 49.5 Å². The molecule has 1 aliphatic heterocycles. The van der Waals surface area contributed by atoms with Gasteiger partial charge in [0.05, 0.1) is 0 Å². The van der Waals surface area contributed by atoms with E-state index >= 15 is 0 Å². The minimum absolute atomic E-state index is 0. The molecule has 1 aliphatic rings. The summed E-state index contributed by atoms with van der Waals surface area (Å²) in [5.74, 6) is 0.987. The van der Waals surface area contributed by atoms with Gasteiger partial charge in [0, 0.05) is 5.56 Å². The first-order valence-electron chi connectivity index (χ1n) is 5.76. The van der Waals surface area contributed by atoms with Gasteiger partial charge in [-0.05, 0) is 57.6 Å². The molecule has 1 N–H and O–H groups in total. The monoisotopic (exact) mass is 253 g/mol. The van der Waals surface area contributed by atoms with Gasteiger partial charge in [-0.1, -0.05) is 12.1 Å². The highest BCUT2D eigenvalue weighted by Crippen LogP contribution is 2.31. The Balaban J connectivity index is 0.00000144. The number of halogens is 1. The van der Waals surface area contributed by atoms with Crippen LogP contribution in [0.15, 0.2) is 24.3 Å². The molecule has 0 amide bonds. The molecule has 0 saturated carbocycles. The van der Waals surface area contributed by atoms with Crippen molar-refractivity contribution in [3.63, 3.8) is 0 Å². The highest BCUT2D eigenvalue weighted by molar-refractivity contribution is 5.85. The largest absolute Gasteiger partial charge is 0.483 e. The van der Waals surface area contributed by atoms with E-state index in [9.17, 15) is 0 Å². The van der Waals surface area contributed by atoms with E-state index in [1.165, 1.54) is 11.1 Å². The van der Waals surface area contributed by atoms with Crippen molar-refractivity contribution in [1.29, 1.82) is 0 Å². The van der Waals surface area contributed by atoms with Crippen LogP contribution in [0.3, 0.4) is 0 Å². The number of fused-ring (bicyclic) bond motifs is 1. The van der Waals surface area contributed by atoms with Crippen LogP contribution in [0, 0.1) is 0 Å². The van der Waals surface area contributed by atoms with Crippen LogP contribution in [-0.2, 0) is 6.42 Å². The summed E-state index contributed by atoms with van der Waals surface area (Å²) in [5, 5.41) is 3.16. The summed E-state index contributed by atoms with van der Waals surface area (Å²) in [4.78, 5) is 0. The minimum atomic E-state index is -0.181. The van der Waals surface area contributed by atoms with Crippen LogP contribution in [0.25, 0.3) is 6.08 Å². The van der Waals surface area contributed by atoms with Crippen molar-refractivity contribution in [3.8, 4) is 5.75 Å². The lowest BCUT2D eigenvalue weighted by atomic mass is 10.00. The van der Waals surface area contributed by atoms with Gasteiger partial charge in [0.25, 0.3) is 0 Å². The third-order valence-corrected chi connectivity index (χ3v) is 2.78. The maximum atomic E-state index is 5.88. The Morgan fingerprint density at radius 3 is 2.76 bits per heavy atom. The van der Waals surface area contributed by atoms with Crippen LogP contribution in [0.4, 0.5) is 0 Å². The van der Waals surface area contributed by atoms with Gasteiger partial charge >= 0.3 is 0 Å². The van der Waals surface area contributed by atoms with E-state index in [4.69, 9.17) is 4.74 Å². The quantitative estimate of drug-likeness (QED) is 0.894. The Labute approximate surface area is 109 Å². The third kappa shape index (κ3) is 3.48. The second kappa shape index (κ2) is 5.56.